The average Bonchev–Trinajstić information content (AvgIpc) is 1.89. The van der Waals surface area contributed by atoms with Crippen LogP contribution in [0.3, 0.4) is 0 Å². The number of nitriles is 1. The maximum atomic E-state index is 8.49. The number of rotatable bonds is 5. The van der Waals surface area contributed by atoms with Gasteiger partial charge in [-0.2, -0.15) is 5.26 Å². The van der Waals surface area contributed by atoms with Crippen LogP contribution < -0.4 is 5.32 Å². The van der Waals surface area contributed by atoms with E-state index in [1.54, 1.807) is 0 Å². The van der Waals surface area contributed by atoms with Gasteiger partial charge in [-0.1, -0.05) is 0 Å². The Bertz CT molecular complexity index is 109. The zero-order valence-electron chi connectivity index (χ0n) is 6.30. The Hall–Kier alpha value is -0.590. The summed E-state index contributed by atoms with van der Waals surface area (Å²) in [5.41, 5.74) is 0. The predicted molar refractivity (Wildman–Crippen MR) is 39.4 cm³/mol. The van der Waals surface area contributed by atoms with Crippen LogP contribution in [0.25, 0.3) is 0 Å². The van der Waals surface area contributed by atoms with E-state index < -0.39 is 0 Å². The molecule has 1 atom stereocenters. The summed E-state index contributed by atoms with van der Waals surface area (Å²) in [6, 6.07) is 2.36. The average molecular weight is 142 g/mol. The van der Waals surface area contributed by atoms with Gasteiger partial charge in [0, 0.05) is 25.6 Å². The highest BCUT2D eigenvalue weighted by Gasteiger charge is 1.97. The lowest BCUT2D eigenvalue weighted by atomic mass is 10.2. The van der Waals surface area contributed by atoms with E-state index in [0.717, 1.165) is 13.0 Å². The highest BCUT2D eigenvalue weighted by Crippen LogP contribution is 1.87. The Balaban J connectivity index is 3.06. The summed E-state index contributed by atoms with van der Waals surface area (Å²) in [7, 11) is 0. The van der Waals surface area contributed by atoms with Crippen molar-refractivity contribution >= 4 is 0 Å². The van der Waals surface area contributed by atoms with E-state index in [1.807, 2.05) is 13.0 Å². The lowest BCUT2D eigenvalue weighted by Gasteiger charge is -2.09. The fraction of sp³-hybridized carbons (Fsp3) is 0.857. The molecule has 0 aromatic heterocycles. The van der Waals surface area contributed by atoms with Crippen molar-refractivity contribution in [2.24, 2.45) is 0 Å². The Morgan fingerprint density at radius 1 is 1.70 bits per heavy atom. The monoisotopic (exact) mass is 142 g/mol. The van der Waals surface area contributed by atoms with E-state index in [0.29, 0.717) is 12.5 Å². The maximum Gasteiger partial charge on any atom is 0.0635 e. The van der Waals surface area contributed by atoms with Gasteiger partial charge in [0.05, 0.1) is 6.07 Å². The molecule has 0 saturated heterocycles. The molecule has 0 aromatic carbocycles. The summed E-state index contributed by atoms with van der Waals surface area (Å²) >= 11 is 0. The summed E-state index contributed by atoms with van der Waals surface area (Å²) in [6.07, 6.45) is 1.29. The second kappa shape index (κ2) is 6.53. The van der Waals surface area contributed by atoms with E-state index in [2.05, 4.69) is 5.32 Å². The number of hydrogen-bond donors (Lipinski definition) is 2. The minimum absolute atomic E-state index is 0.209. The van der Waals surface area contributed by atoms with Gasteiger partial charge in [-0.25, -0.2) is 0 Å². The molecule has 0 bridgehead atoms. The minimum Gasteiger partial charge on any atom is -0.396 e. The fourth-order valence-electron chi connectivity index (χ4n) is 0.670. The third-order valence-electron chi connectivity index (χ3n) is 1.29. The highest BCUT2D eigenvalue weighted by molar-refractivity contribution is 4.71. The molecule has 0 radical (unpaired) electrons. The molecule has 0 aliphatic rings. The third-order valence-corrected chi connectivity index (χ3v) is 1.29. The predicted octanol–water partition coefficient (Wildman–Crippen LogP) is 0.261. The van der Waals surface area contributed by atoms with Crippen LogP contribution in [0, 0.1) is 11.3 Å². The molecule has 1 unspecified atom stereocenters. The van der Waals surface area contributed by atoms with Crippen LogP contribution in [0.5, 0.6) is 0 Å². The molecule has 0 saturated carbocycles. The van der Waals surface area contributed by atoms with E-state index in [9.17, 15) is 0 Å². The van der Waals surface area contributed by atoms with Crippen molar-refractivity contribution in [3.8, 4) is 6.07 Å². The fourth-order valence-corrected chi connectivity index (χ4v) is 0.670. The first kappa shape index (κ1) is 9.41. The lowest BCUT2D eigenvalue weighted by molar-refractivity contribution is 0.269. The lowest BCUT2D eigenvalue weighted by Crippen LogP contribution is -2.27. The van der Waals surface area contributed by atoms with Crippen molar-refractivity contribution < 1.29 is 5.11 Å². The van der Waals surface area contributed by atoms with Gasteiger partial charge < -0.3 is 10.4 Å². The summed E-state index contributed by atoms with van der Waals surface area (Å²) in [5.74, 6) is 0. The van der Waals surface area contributed by atoms with E-state index in [1.165, 1.54) is 0 Å². The van der Waals surface area contributed by atoms with Gasteiger partial charge in [0.15, 0.2) is 0 Å². The minimum atomic E-state index is 0.209. The smallest absolute Gasteiger partial charge is 0.0635 e. The normalized spacial score (nSPS) is 12.5. The summed E-state index contributed by atoms with van der Waals surface area (Å²) < 4.78 is 0. The van der Waals surface area contributed by atoms with Crippen molar-refractivity contribution in [1.82, 2.24) is 5.32 Å². The van der Waals surface area contributed by atoms with Crippen LogP contribution in [0.1, 0.15) is 19.8 Å². The van der Waals surface area contributed by atoms with E-state index >= 15 is 0 Å². The van der Waals surface area contributed by atoms with Crippen molar-refractivity contribution in [3.05, 3.63) is 0 Å². The Morgan fingerprint density at radius 2 is 2.40 bits per heavy atom. The van der Waals surface area contributed by atoms with Crippen molar-refractivity contribution in [3.63, 3.8) is 0 Å². The number of aliphatic hydroxyl groups excluding tert-OH is 1. The zero-order chi connectivity index (χ0) is 7.82. The first-order valence-corrected chi connectivity index (χ1v) is 3.52. The zero-order valence-corrected chi connectivity index (χ0v) is 6.30. The topological polar surface area (TPSA) is 56.0 Å². The molecular weight excluding hydrogens is 128 g/mol. The molecule has 0 aliphatic carbocycles. The Labute approximate surface area is 61.7 Å². The number of nitrogens with one attached hydrogen (secondary N) is 1. The molecule has 0 spiro atoms. The first-order chi connectivity index (χ1) is 4.81. The quantitative estimate of drug-likeness (QED) is 0.541. The summed E-state index contributed by atoms with van der Waals surface area (Å²) in [5, 5.41) is 19.8. The summed E-state index contributed by atoms with van der Waals surface area (Å²) in [4.78, 5) is 0. The molecule has 0 aromatic rings. The molecule has 0 fully saturated rings. The number of hydrogen-bond acceptors (Lipinski definition) is 3. The van der Waals surface area contributed by atoms with Crippen LogP contribution in [-0.4, -0.2) is 24.3 Å². The molecule has 0 rings (SSSR count). The second-order valence-electron chi connectivity index (χ2n) is 2.28. The molecule has 0 heterocycles. The maximum absolute atomic E-state index is 8.49. The van der Waals surface area contributed by atoms with Crippen LogP contribution in [0.4, 0.5) is 0 Å². The Kier molecular flexibility index (Phi) is 6.14. The SMILES string of the molecule is CC(CCO)NCCC#N. The van der Waals surface area contributed by atoms with Gasteiger partial charge in [0.25, 0.3) is 0 Å². The second-order valence-corrected chi connectivity index (χ2v) is 2.28. The van der Waals surface area contributed by atoms with Crippen LogP contribution >= 0.6 is 0 Å². The molecule has 58 valence electrons. The van der Waals surface area contributed by atoms with Gasteiger partial charge in [-0.05, 0) is 13.3 Å². The molecule has 3 heteroatoms. The number of nitrogens with zero attached hydrogens (tertiary/aromatic N) is 1. The molecule has 3 nitrogen and oxygen atoms in total. The molecular formula is C7H14N2O. The highest BCUT2D eigenvalue weighted by atomic mass is 16.3. The third kappa shape index (κ3) is 5.54. The molecule has 0 aliphatic heterocycles. The van der Waals surface area contributed by atoms with Gasteiger partial charge in [-0.15, -0.1) is 0 Å². The van der Waals surface area contributed by atoms with Crippen molar-refractivity contribution in [2.75, 3.05) is 13.2 Å². The first-order valence-electron chi connectivity index (χ1n) is 3.52. The molecule has 2 N–H and O–H groups in total. The summed E-state index contributed by atoms with van der Waals surface area (Å²) in [6.45, 7) is 2.92. The van der Waals surface area contributed by atoms with Gasteiger partial charge in [0.2, 0.25) is 0 Å². The molecule has 10 heavy (non-hydrogen) atoms. The standard InChI is InChI=1S/C7H14N2O/c1-7(3-6-10)9-5-2-4-8/h7,9-10H,2-3,5-6H2,1H3. The van der Waals surface area contributed by atoms with Gasteiger partial charge in [-0.3, -0.25) is 0 Å². The Morgan fingerprint density at radius 3 is 2.90 bits per heavy atom. The largest absolute Gasteiger partial charge is 0.396 e. The number of aliphatic hydroxyl groups is 1. The van der Waals surface area contributed by atoms with E-state index in [-0.39, 0.29) is 6.61 Å². The van der Waals surface area contributed by atoms with Crippen LogP contribution in [0.15, 0.2) is 0 Å². The van der Waals surface area contributed by atoms with Gasteiger partial charge in [0.1, 0.15) is 0 Å². The van der Waals surface area contributed by atoms with Crippen LogP contribution in [-0.2, 0) is 0 Å². The van der Waals surface area contributed by atoms with Crippen molar-refractivity contribution in [2.45, 2.75) is 25.8 Å². The van der Waals surface area contributed by atoms with E-state index in [4.69, 9.17) is 10.4 Å². The van der Waals surface area contributed by atoms with Gasteiger partial charge >= 0.3 is 0 Å². The van der Waals surface area contributed by atoms with Crippen LogP contribution in [0.2, 0.25) is 0 Å². The van der Waals surface area contributed by atoms with Crippen molar-refractivity contribution in [1.29, 1.82) is 5.26 Å². The molecule has 0 amide bonds.